The highest BCUT2D eigenvalue weighted by atomic mass is 19.1. The summed E-state index contributed by atoms with van der Waals surface area (Å²) in [6, 6.07) is 4.81. The van der Waals surface area contributed by atoms with Gasteiger partial charge in [0.15, 0.2) is 0 Å². The van der Waals surface area contributed by atoms with Gasteiger partial charge in [-0.05, 0) is 43.4 Å². The van der Waals surface area contributed by atoms with Crippen molar-refractivity contribution in [3.05, 3.63) is 29.6 Å². The van der Waals surface area contributed by atoms with Crippen molar-refractivity contribution in [3.8, 4) is 0 Å². The van der Waals surface area contributed by atoms with Gasteiger partial charge >= 0.3 is 0 Å². The van der Waals surface area contributed by atoms with Gasteiger partial charge in [0.05, 0.1) is 17.7 Å². The van der Waals surface area contributed by atoms with Crippen LogP contribution in [-0.2, 0) is 14.3 Å². The predicted molar refractivity (Wildman–Crippen MR) is 102 cm³/mol. The number of piperidine rings is 1. The number of hydrogen-bond acceptors (Lipinski definition) is 3. The van der Waals surface area contributed by atoms with Crippen molar-refractivity contribution in [3.63, 3.8) is 0 Å². The Bertz CT molecular complexity index is 699. The number of nitrogens with zero attached hydrogens (tertiary/aromatic N) is 2. The standard InChI is InChI=1S/C21H29FN2O3/c1-14(2)13-27-17-6-8-23(9-7-17)21(26)16-11-20(25)24(12-16)19-5-4-15(3)10-18(19)22/h4-5,10,14,16-17H,6-9,11-13H2,1-3H3. The molecule has 2 aliphatic rings. The molecular weight excluding hydrogens is 347 g/mol. The Kier molecular flexibility index (Phi) is 6.15. The molecule has 1 aromatic rings. The van der Waals surface area contributed by atoms with Gasteiger partial charge in [-0.25, -0.2) is 4.39 Å². The van der Waals surface area contributed by atoms with Crippen LogP contribution in [-0.4, -0.2) is 49.1 Å². The highest BCUT2D eigenvalue weighted by Gasteiger charge is 2.38. The van der Waals surface area contributed by atoms with E-state index in [1.165, 1.54) is 11.0 Å². The van der Waals surface area contributed by atoms with Crippen molar-refractivity contribution >= 4 is 17.5 Å². The zero-order chi connectivity index (χ0) is 19.6. The monoisotopic (exact) mass is 376 g/mol. The number of aryl methyl sites for hydroxylation is 1. The molecule has 0 aliphatic carbocycles. The van der Waals surface area contributed by atoms with E-state index in [0.29, 0.717) is 19.0 Å². The van der Waals surface area contributed by atoms with E-state index in [1.54, 1.807) is 19.1 Å². The SMILES string of the molecule is Cc1ccc(N2CC(C(=O)N3CCC(OCC(C)C)CC3)CC2=O)c(F)c1. The number of carbonyl (C=O) groups is 2. The fourth-order valence-electron chi connectivity index (χ4n) is 3.77. The molecule has 2 fully saturated rings. The first kappa shape index (κ1) is 19.8. The van der Waals surface area contributed by atoms with Crippen LogP contribution in [0.3, 0.4) is 0 Å². The van der Waals surface area contributed by atoms with Crippen molar-refractivity contribution in [2.24, 2.45) is 11.8 Å². The van der Waals surface area contributed by atoms with Crippen LogP contribution in [0.4, 0.5) is 10.1 Å². The minimum absolute atomic E-state index is 0.000629. The van der Waals surface area contributed by atoms with Gasteiger partial charge in [0.2, 0.25) is 11.8 Å². The molecule has 0 saturated carbocycles. The second-order valence-electron chi connectivity index (χ2n) is 8.11. The largest absolute Gasteiger partial charge is 0.378 e. The minimum atomic E-state index is -0.417. The summed E-state index contributed by atoms with van der Waals surface area (Å²) in [5, 5.41) is 0. The van der Waals surface area contributed by atoms with Gasteiger partial charge in [-0.3, -0.25) is 9.59 Å². The summed E-state index contributed by atoms with van der Waals surface area (Å²) in [5.41, 5.74) is 1.07. The van der Waals surface area contributed by atoms with Crippen LogP contribution in [0.15, 0.2) is 18.2 Å². The van der Waals surface area contributed by atoms with Gasteiger partial charge in [-0.2, -0.15) is 0 Å². The van der Waals surface area contributed by atoms with E-state index in [1.807, 2.05) is 4.90 Å². The molecule has 0 spiro atoms. The average Bonchev–Trinajstić information content (AvgIpc) is 3.01. The second kappa shape index (κ2) is 8.38. The molecule has 0 N–H and O–H groups in total. The van der Waals surface area contributed by atoms with Gasteiger partial charge in [-0.1, -0.05) is 19.9 Å². The molecule has 1 atom stereocenters. The molecule has 2 saturated heterocycles. The van der Waals surface area contributed by atoms with Crippen LogP contribution < -0.4 is 4.90 Å². The zero-order valence-corrected chi connectivity index (χ0v) is 16.4. The lowest BCUT2D eigenvalue weighted by Crippen LogP contribution is -2.44. The summed E-state index contributed by atoms with van der Waals surface area (Å²) < 4.78 is 20.1. The number of ether oxygens (including phenoxy) is 1. The lowest BCUT2D eigenvalue weighted by atomic mass is 10.0. The molecule has 6 heteroatoms. The lowest BCUT2D eigenvalue weighted by molar-refractivity contribution is -0.138. The molecule has 0 bridgehead atoms. The molecule has 148 valence electrons. The van der Waals surface area contributed by atoms with E-state index in [4.69, 9.17) is 4.74 Å². The third-order valence-corrected chi connectivity index (χ3v) is 5.29. The van der Waals surface area contributed by atoms with Crippen LogP contribution >= 0.6 is 0 Å². The Morgan fingerprint density at radius 3 is 2.63 bits per heavy atom. The summed E-state index contributed by atoms with van der Waals surface area (Å²) in [6.07, 6.45) is 2.01. The fraction of sp³-hybridized carbons (Fsp3) is 0.619. The van der Waals surface area contributed by atoms with Crippen molar-refractivity contribution < 1.29 is 18.7 Å². The summed E-state index contributed by atoms with van der Waals surface area (Å²) in [6.45, 7) is 8.36. The van der Waals surface area contributed by atoms with E-state index >= 15 is 0 Å². The number of likely N-dealkylation sites (tertiary alicyclic amines) is 1. The molecule has 2 heterocycles. The Morgan fingerprint density at radius 2 is 2.00 bits per heavy atom. The van der Waals surface area contributed by atoms with Gasteiger partial charge in [-0.15, -0.1) is 0 Å². The molecular formula is C21H29FN2O3. The quantitative estimate of drug-likeness (QED) is 0.793. The number of amides is 2. The normalized spacial score (nSPS) is 21.4. The zero-order valence-electron chi connectivity index (χ0n) is 16.4. The van der Waals surface area contributed by atoms with Gasteiger partial charge in [0, 0.05) is 32.7 Å². The van der Waals surface area contributed by atoms with Crippen LogP contribution in [0, 0.1) is 24.6 Å². The number of rotatable bonds is 5. The summed E-state index contributed by atoms with van der Waals surface area (Å²) in [4.78, 5) is 28.5. The fourth-order valence-corrected chi connectivity index (χ4v) is 3.77. The summed E-state index contributed by atoms with van der Waals surface area (Å²) in [7, 11) is 0. The number of halogens is 1. The Balaban J connectivity index is 1.57. The molecule has 0 radical (unpaired) electrons. The smallest absolute Gasteiger partial charge is 0.228 e. The lowest BCUT2D eigenvalue weighted by Gasteiger charge is -2.33. The first-order valence-electron chi connectivity index (χ1n) is 9.82. The summed E-state index contributed by atoms with van der Waals surface area (Å²) >= 11 is 0. The average molecular weight is 376 g/mol. The maximum atomic E-state index is 14.2. The number of hydrogen-bond donors (Lipinski definition) is 0. The summed E-state index contributed by atoms with van der Waals surface area (Å²) in [5.74, 6) is -0.500. The third-order valence-electron chi connectivity index (χ3n) is 5.29. The highest BCUT2D eigenvalue weighted by Crippen LogP contribution is 2.29. The van der Waals surface area contributed by atoms with E-state index in [2.05, 4.69) is 13.8 Å². The van der Waals surface area contributed by atoms with E-state index in [9.17, 15) is 14.0 Å². The second-order valence-corrected chi connectivity index (χ2v) is 8.11. The number of benzene rings is 1. The third kappa shape index (κ3) is 4.67. The first-order valence-corrected chi connectivity index (χ1v) is 9.82. The molecule has 2 aliphatic heterocycles. The van der Waals surface area contributed by atoms with Crippen molar-refractivity contribution in [1.82, 2.24) is 4.90 Å². The van der Waals surface area contributed by atoms with Crippen molar-refractivity contribution in [2.75, 3.05) is 31.1 Å². The molecule has 0 aromatic heterocycles. The number of carbonyl (C=O) groups excluding carboxylic acids is 2. The van der Waals surface area contributed by atoms with E-state index in [0.717, 1.165) is 25.0 Å². The maximum absolute atomic E-state index is 14.2. The minimum Gasteiger partial charge on any atom is -0.378 e. The van der Waals surface area contributed by atoms with Crippen LogP contribution in [0.5, 0.6) is 0 Å². The highest BCUT2D eigenvalue weighted by molar-refractivity contribution is 6.00. The van der Waals surface area contributed by atoms with Crippen molar-refractivity contribution in [2.45, 2.75) is 46.1 Å². The van der Waals surface area contributed by atoms with Gasteiger partial charge < -0.3 is 14.5 Å². The molecule has 27 heavy (non-hydrogen) atoms. The maximum Gasteiger partial charge on any atom is 0.228 e. The van der Waals surface area contributed by atoms with Crippen LogP contribution in [0.25, 0.3) is 0 Å². The first-order chi connectivity index (χ1) is 12.8. The van der Waals surface area contributed by atoms with E-state index in [-0.39, 0.29) is 36.6 Å². The van der Waals surface area contributed by atoms with E-state index < -0.39 is 11.7 Å². The molecule has 1 aromatic carbocycles. The Hall–Kier alpha value is -1.95. The Labute approximate surface area is 160 Å². The van der Waals surface area contributed by atoms with Crippen LogP contribution in [0.1, 0.15) is 38.7 Å². The number of anilines is 1. The molecule has 5 nitrogen and oxygen atoms in total. The predicted octanol–water partition coefficient (Wildman–Crippen LogP) is 3.15. The van der Waals surface area contributed by atoms with Gasteiger partial charge in [0.25, 0.3) is 0 Å². The van der Waals surface area contributed by atoms with Crippen LogP contribution in [0.2, 0.25) is 0 Å². The topological polar surface area (TPSA) is 49.9 Å². The molecule has 1 unspecified atom stereocenters. The molecule has 3 rings (SSSR count). The van der Waals surface area contributed by atoms with Crippen molar-refractivity contribution in [1.29, 1.82) is 0 Å². The van der Waals surface area contributed by atoms with Gasteiger partial charge in [0.1, 0.15) is 5.82 Å². The molecule has 2 amide bonds. The Morgan fingerprint density at radius 1 is 1.30 bits per heavy atom.